The lowest BCUT2D eigenvalue weighted by molar-refractivity contribution is 0.398. The van der Waals surface area contributed by atoms with Crippen LogP contribution in [0, 0.1) is 13.8 Å². The first-order chi connectivity index (χ1) is 9.64. The first-order valence-electron chi connectivity index (χ1n) is 7.43. The zero-order valence-electron chi connectivity index (χ0n) is 12.5. The van der Waals surface area contributed by atoms with E-state index in [0.29, 0.717) is 0 Å². The van der Waals surface area contributed by atoms with Crippen molar-refractivity contribution >= 4 is 6.08 Å². The highest BCUT2D eigenvalue weighted by molar-refractivity contribution is 5.60. The van der Waals surface area contributed by atoms with Gasteiger partial charge in [-0.15, -0.1) is 0 Å². The monoisotopic (exact) mass is 271 g/mol. The molecule has 0 unspecified atom stereocenters. The highest BCUT2D eigenvalue weighted by Crippen LogP contribution is 2.55. The van der Waals surface area contributed by atoms with Crippen LogP contribution in [-0.2, 0) is 23.2 Å². The highest BCUT2D eigenvalue weighted by atomic mass is 16.5. The van der Waals surface area contributed by atoms with Gasteiger partial charge in [-0.3, -0.25) is 0 Å². The minimum atomic E-state index is -0.353. The summed E-state index contributed by atoms with van der Waals surface area (Å²) in [6, 6.07) is 0. The fourth-order valence-corrected chi connectivity index (χ4v) is 3.82. The number of fused-ring (bicyclic) bond motifs is 1. The van der Waals surface area contributed by atoms with Crippen LogP contribution in [0.3, 0.4) is 0 Å². The van der Waals surface area contributed by atoms with Gasteiger partial charge in [0.25, 0.3) is 0 Å². The van der Waals surface area contributed by atoms with Crippen LogP contribution in [0.4, 0.5) is 0 Å². The summed E-state index contributed by atoms with van der Waals surface area (Å²) in [5.41, 5.74) is 6.25. The Labute approximate surface area is 120 Å². The summed E-state index contributed by atoms with van der Waals surface area (Å²) in [6.45, 7) is 4.31. The summed E-state index contributed by atoms with van der Waals surface area (Å²) in [7, 11) is 1.72. The van der Waals surface area contributed by atoms with Crippen LogP contribution < -0.4 is 4.74 Å². The number of hydrogen-bond donors (Lipinski definition) is 0. The van der Waals surface area contributed by atoms with E-state index in [2.05, 4.69) is 18.8 Å². The predicted octanol–water partition coefficient (Wildman–Crippen LogP) is 3.52. The van der Waals surface area contributed by atoms with Crippen molar-refractivity contribution in [3.8, 4) is 5.75 Å². The van der Waals surface area contributed by atoms with Crippen molar-refractivity contribution in [2.24, 2.45) is 4.99 Å². The van der Waals surface area contributed by atoms with E-state index in [4.69, 9.17) is 4.74 Å². The zero-order chi connectivity index (χ0) is 14.3. The van der Waals surface area contributed by atoms with E-state index >= 15 is 0 Å². The van der Waals surface area contributed by atoms with Gasteiger partial charge in [0, 0.05) is 5.56 Å². The maximum Gasteiger partial charge on any atom is 0.235 e. The topological polar surface area (TPSA) is 38.7 Å². The Morgan fingerprint density at radius 2 is 1.70 bits per heavy atom. The highest BCUT2D eigenvalue weighted by Gasteiger charge is 2.49. The number of aliphatic imine (C=N–C) groups is 1. The first-order valence-corrected chi connectivity index (χ1v) is 7.43. The van der Waals surface area contributed by atoms with E-state index in [9.17, 15) is 4.79 Å². The molecule has 1 aromatic carbocycles. The summed E-state index contributed by atoms with van der Waals surface area (Å²) >= 11 is 0. The third-order valence-electron chi connectivity index (χ3n) is 4.97. The molecular formula is C17H21NO2. The lowest BCUT2D eigenvalue weighted by Gasteiger charge is -2.27. The van der Waals surface area contributed by atoms with Crippen LogP contribution in [0.25, 0.3) is 0 Å². The molecule has 1 saturated carbocycles. The van der Waals surface area contributed by atoms with Gasteiger partial charge in [-0.05, 0) is 74.6 Å². The summed E-state index contributed by atoms with van der Waals surface area (Å²) < 4.78 is 5.71. The molecule has 1 fully saturated rings. The molecule has 0 aromatic heterocycles. The number of hydrogen-bond acceptors (Lipinski definition) is 3. The lowest BCUT2D eigenvalue weighted by atomic mass is 9.81. The Bertz CT molecular complexity index is 608. The molecule has 20 heavy (non-hydrogen) atoms. The summed E-state index contributed by atoms with van der Waals surface area (Å²) in [5, 5.41) is 0. The average Bonchev–Trinajstić information content (AvgIpc) is 3.23. The molecule has 0 heterocycles. The largest absolute Gasteiger partial charge is 0.496 e. The molecule has 0 spiro atoms. The fraction of sp³-hybridized carbons (Fsp3) is 0.588. The van der Waals surface area contributed by atoms with E-state index in [1.54, 1.807) is 13.2 Å². The summed E-state index contributed by atoms with van der Waals surface area (Å²) in [4.78, 5) is 14.9. The average molecular weight is 271 g/mol. The van der Waals surface area contributed by atoms with Gasteiger partial charge in [0.2, 0.25) is 6.08 Å². The fourth-order valence-electron chi connectivity index (χ4n) is 3.82. The quantitative estimate of drug-likeness (QED) is 0.623. The molecule has 1 aromatic rings. The Balaban J connectivity index is 2.28. The second-order valence-corrected chi connectivity index (χ2v) is 6.06. The van der Waals surface area contributed by atoms with Crippen molar-refractivity contribution < 1.29 is 9.53 Å². The van der Waals surface area contributed by atoms with Gasteiger partial charge in [0.1, 0.15) is 11.3 Å². The van der Waals surface area contributed by atoms with Crippen LogP contribution in [0.15, 0.2) is 4.99 Å². The van der Waals surface area contributed by atoms with E-state index in [-0.39, 0.29) is 5.54 Å². The molecule has 0 radical (unpaired) electrons. The number of methoxy groups -OCH3 is 1. The maximum atomic E-state index is 10.8. The van der Waals surface area contributed by atoms with Crippen LogP contribution >= 0.6 is 0 Å². The molecule has 0 aliphatic heterocycles. The van der Waals surface area contributed by atoms with Crippen molar-refractivity contribution in [2.45, 2.75) is 57.9 Å². The summed E-state index contributed by atoms with van der Waals surface area (Å²) in [6.07, 6.45) is 8.41. The van der Waals surface area contributed by atoms with Crippen molar-refractivity contribution in [1.82, 2.24) is 0 Å². The Morgan fingerprint density at radius 3 is 2.20 bits per heavy atom. The van der Waals surface area contributed by atoms with E-state index in [1.165, 1.54) is 35.1 Å². The Hall–Kier alpha value is -1.60. The molecule has 3 rings (SSSR count). The lowest BCUT2D eigenvalue weighted by Crippen LogP contribution is -2.16. The molecule has 2 aliphatic rings. The van der Waals surface area contributed by atoms with Crippen molar-refractivity contribution in [2.75, 3.05) is 7.11 Å². The maximum absolute atomic E-state index is 10.8. The third-order valence-corrected chi connectivity index (χ3v) is 4.97. The first kappa shape index (κ1) is 13.4. The number of ether oxygens (including phenoxy) is 1. The van der Waals surface area contributed by atoms with Crippen LogP contribution in [0.2, 0.25) is 0 Å². The van der Waals surface area contributed by atoms with E-state index in [0.717, 1.165) is 37.0 Å². The van der Waals surface area contributed by atoms with Crippen molar-refractivity contribution in [1.29, 1.82) is 0 Å². The van der Waals surface area contributed by atoms with Gasteiger partial charge in [-0.25, -0.2) is 4.79 Å². The normalized spacial score (nSPS) is 18.9. The Morgan fingerprint density at radius 1 is 1.10 bits per heavy atom. The molecule has 3 heteroatoms. The van der Waals surface area contributed by atoms with Gasteiger partial charge in [-0.2, -0.15) is 4.99 Å². The molecule has 0 N–H and O–H groups in total. The third kappa shape index (κ3) is 1.81. The number of carbonyl (C=O) groups excluding carboxylic acids is 1. The van der Waals surface area contributed by atoms with E-state index < -0.39 is 0 Å². The van der Waals surface area contributed by atoms with E-state index in [1.807, 2.05) is 0 Å². The van der Waals surface area contributed by atoms with Gasteiger partial charge in [0.15, 0.2) is 0 Å². The van der Waals surface area contributed by atoms with Crippen molar-refractivity contribution in [3.63, 3.8) is 0 Å². The molecule has 106 valence electrons. The molecule has 0 bridgehead atoms. The van der Waals surface area contributed by atoms with Gasteiger partial charge in [0.05, 0.1) is 7.11 Å². The van der Waals surface area contributed by atoms with Gasteiger partial charge < -0.3 is 4.74 Å². The molecular weight excluding hydrogens is 250 g/mol. The number of isocyanates is 1. The molecule has 2 aliphatic carbocycles. The molecule has 0 saturated heterocycles. The molecule has 0 atom stereocenters. The predicted molar refractivity (Wildman–Crippen MR) is 78.1 cm³/mol. The smallest absolute Gasteiger partial charge is 0.235 e. The van der Waals surface area contributed by atoms with Crippen LogP contribution in [-0.4, -0.2) is 13.2 Å². The second-order valence-electron chi connectivity index (χ2n) is 6.06. The number of rotatable bonds is 3. The standard InChI is InChI=1S/C17H21NO2/c1-11-13-6-4-5-7-14(13)12(2)16(20-3)15(11)17(8-9-17)18-10-19/h4-9H2,1-3H3. The van der Waals surface area contributed by atoms with Gasteiger partial charge >= 0.3 is 0 Å². The van der Waals surface area contributed by atoms with Crippen molar-refractivity contribution in [3.05, 3.63) is 27.8 Å². The number of benzene rings is 1. The second kappa shape index (κ2) is 4.75. The molecule has 3 nitrogen and oxygen atoms in total. The minimum Gasteiger partial charge on any atom is -0.496 e. The van der Waals surface area contributed by atoms with Crippen LogP contribution in [0.5, 0.6) is 5.75 Å². The number of nitrogens with zero attached hydrogens (tertiary/aromatic N) is 1. The zero-order valence-corrected chi connectivity index (χ0v) is 12.5. The summed E-state index contributed by atoms with van der Waals surface area (Å²) in [5.74, 6) is 0.944. The van der Waals surface area contributed by atoms with Gasteiger partial charge in [-0.1, -0.05) is 0 Å². The SMILES string of the molecule is COc1c(C)c2c(c(C)c1C1(N=C=O)CC1)CCCC2. The molecule has 0 amide bonds. The van der Waals surface area contributed by atoms with Crippen LogP contribution in [0.1, 0.15) is 53.5 Å². The Kier molecular flexibility index (Phi) is 3.18. The minimum absolute atomic E-state index is 0.353.